The lowest BCUT2D eigenvalue weighted by molar-refractivity contribution is 0.106. The zero-order valence-corrected chi connectivity index (χ0v) is 15.1. The molecule has 1 unspecified atom stereocenters. The maximum atomic E-state index is 9.97. The molecule has 0 aliphatic heterocycles. The minimum absolute atomic E-state index is 0.0622. The highest BCUT2D eigenvalue weighted by molar-refractivity contribution is 6.37. The summed E-state index contributed by atoms with van der Waals surface area (Å²) in [5.74, 6) is 0.365. The number of para-hydroxylation sites is 1. The van der Waals surface area contributed by atoms with Crippen molar-refractivity contribution in [1.82, 2.24) is 5.32 Å². The van der Waals surface area contributed by atoms with E-state index in [1.807, 2.05) is 0 Å². The van der Waals surface area contributed by atoms with Gasteiger partial charge in [0.05, 0.1) is 10.0 Å². The topological polar surface area (TPSA) is 41.5 Å². The average molecular weight is 395 g/mol. The number of ether oxygens (including phenoxy) is 1. The third kappa shape index (κ3) is 5.42. The maximum Gasteiger partial charge on any atom is 0.156 e. The molecule has 2 aromatic carbocycles. The van der Waals surface area contributed by atoms with E-state index in [1.165, 1.54) is 0 Å². The molecule has 0 heterocycles. The van der Waals surface area contributed by atoms with Crippen LogP contribution in [0.3, 0.4) is 0 Å². The molecule has 23 heavy (non-hydrogen) atoms. The number of hydrogen-bond acceptors (Lipinski definition) is 3. The summed E-state index contributed by atoms with van der Waals surface area (Å²) >= 11 is 24.2. The average Bonchev–Trinajstić information content (AvgIpc) is 2.50. The fourth-order valence-corrected chi connectivity index (χ4v) is 2.96. The first-order valence-corrected chi connectivity index (χ1v) is 8.38. The van der Waals surface area contributed by atoms with Crippen LogP contribution in [0.15, 0.2) is 36.4 Å². The predicted octanol–water partition coefficient (Wildman–Crippen LogP) is 4.83. The quantitative estimate of drug-likeness (QED) is 0.706. The van der Waals surface area contributed by atoms with Gasteiger partial charge in [-0.05, 0) is 24.3 Å². The van der Waals surface area contributed by atoms with E-state index in [2.05, 4.69) is 5.32 Å². The molecule has 124 valence electrons. The molecule has 0 aliphatic carbocycles. The van der Waals surface area contributed by atoms with Crippen LogP contribution in [0, 0.1) is 0 Å². The molecule has 3 nitrogen and oxygen atoms in total. The summed E-state index contributed by atoms with van der Waals surface area (Å²) in [6.07, 6.45) is -0.733. The lowest BCUT2D eigenvalue weighted by Gasteiger charge is -2.15. The van der Waals surface area contributed by atoms with Crippen molar-refractivity contribution in [2.45, 2.75) is 12.6 Å². The van der Waals surface area contributed by atoms with E-state index in [-0.39, 0.29) is 6.61 Å². The van der Waals surface area contributed by atoms with Crippen molar-refractivity contribution in [1.29, 1.82) is 0 Å². The van der Waals surface area contributed by atoms with Gasteiger partial charge in [0.2, 0.25) is 0 Å². The standard InChI is InChI=1S/C16H15Cl4NO2/c17-12-3-1-4-13(18)11(12)8-21-7-10(22)9-23-16-14(19)5-2-6-15(16)20/h1-6,10,21-22H,7-9H2. The van der Waals surface area contributed by atoms with Gasteiger partial charge in [-0.15, -0.1) is 0 Å². The summed E-state index contributed by atoms with van der Waals surface area (Å²) in [6, 6.07) is 10.4. The third-order valence-corrected chi connectivity index (χ3v) is 4.39. The molecule has 0 saturated heterocycles. The first-order valence-electron chi connectivity index (χ1n) is 6.87. The van der Waals surface area contributed by atoms with Crippen LogP contribution in [0.25, 0.3) is 0 Å². The van der Waals surface area contributed by atoms with Crippen LogP contribution in [-0.2, 0) is 6.54 Å². The van der Waals surface area contributed by atoms with E-state index in [1.54, 1.807) is 36.4 Å². The molecule has 1 atom stereocenters. The Morgan fingerprint density at radius 2 is 1.43 bits per heavy atom. The number of aliphatic hydroxyl groups is 1. The normalized spacial score (nSPS) is 12.2. The van der Waals surface area contributed by atoms with Gasteiger partial charge in [-0.1, -0.05) is 58.5 Å². The minimum Gasteiger partial charge on any atom is -0.488 e. The van der Waals surface area contributed by atoms with Crippen molar-refractivity contribution in [3.8, 4) is 5.75 Å². The summed E-state index contributed by atoms with van der Waals surface area (Å²) in [5.41, 5.74) is 0.790. The van der Waals surface area contributed by atoms with Crippen LogP contribution >= 0.6 is 46.4 Å². The molecule has 0 fully saturated rings. The Morgan fingerprint density at radius 3 is 2.00 bits per heavy atom. The van der Waals surface area contributed by atoms with Crippen LogP contribution in [-0.4, -0.2) is 24.4 Å². The van der Waals surface area contributed by atoms with Gasteiger partial charge in [-0.25, -0.2) is 0 Å². The number of benzene rings is 2. The summed E-state index contributed by atoms with van der Waals surface area (Å²) < 4.78 is 5.47. The smallest absolute Gasteiger partial charge is 0.156 e. The third-order valence-electron chi connectivity index (χ3n) is 3.08. The molecular formula is C16H15Cl4NO2. The van der Waals surface area contributed by atoms with E-state index in [4.69, 9.17) is 51.1 Å². The molecule has 0 aromatic heterocycles. The Labute approximate surface area is 155 Å². The highest BCUT2D eigenvalue weighted by Crippen LogP contribution is 2.32. The van der Waals surface area contributed by atoms with E-state index >= 15 is 0 Å². The monoisotopic (exact) mass is 393 g/mol. The molecule has 0 radical (unpaired) electrons. The van der Waals surface area contributed by atoms with Crippen LogP contribution in [0.4, 0.5) is 0 Å². The van der Waals surface area contributed by atoms with Gasteiger partial charge in [0.15, 0.2) is 5.75 Å². The molecule has 0 saturated carbocycles. The second-order valence-electron chi connectivity index (χ2n) is 4.85. The molecule has 0 spiro atoms. The van der Waals surface area contributed by atoms with Crippen molar-refractivity contribution < 1.29 is 9.84 Å². The fourth-order valence-electron chi connectivity index (χ4n) is 1.92. The number of aliphatic hydroxyl groups excluding tert-OH is 1. The first-order chi connectivity index (χ1) is 11.0. The lowest BCUT2D eigenvalue weighted by Crippen LogP contribution is -2.31. The Balaban J connectivity index is 1.81. The van der Waals surface area contributed by atoms with Crippen LogP contribution < -0.4 is 10.1 Å². The van der Waals surface area contributed by atoms with Gasteiger partial charge >= 0.3 is 0 Å². The molecule has 0 amide bonds. The van der Waals surface area contributed by atoms with Crippen LogP contribution in [0.5, 0.6) is 5.75 Å². The second-order valence-corrected chi connectivity index (χ2v) is 6.48. The van der Waals surface area contributed by atoms with E-state index < -0.39 is 6.10 Å². The van der Waals surface area contributed by atoms with Crippen molar-refractivity contribution >= 4 is 46.4 Å². The van der Waals surface area contributed by atoms with Gasteiger partial charge in [-0.2, -0.15) is 0 Å². The summed E-state index contributed by atoms with van der Waals surface area (Å²) in [7, 11) is 0. The highest BCUT2D eigenvalue weighted by atomic mass is 35.5. The fraction of sp³-hybridized carbons (Fsp3) is 0.250. The molecule has 7 heteroatoms. The van der Waals surface area contributed by atoms with E-state index in [9.17, 15) is 5.11 Å². The van der Waals surface area contributed by atoms with Crippen molar-refractivity contribution in [2.75, 3.05) is 13.2 Å². The first kappa shape index (κ1) is 18.7. The van der Waals surface area contributed by atoms with Gasteiger partial charge in [0.25, 0.3) is 0 Å². The number of rotatable bonds is 7. The van der Waals surface area contributed by atoms with Crippen LogP contribution in [0.1, 0.15) is 5.56 Å². The Bertz CT molecular complexity index is 626. The van der Waals surface area contributed by atoms with Gasteiger partial charge in [-0.3, -0.25) is 0 Å². The number of nitrogens with one attached hydrogen (secondary N) is 1. The summed E-state index contributed by atoms with van der Waals surface area (Å²) in [6.45, 7) is 0.818. The molecule has 0 aliphatic rings. The van der Waals surface area contributed by atoms with Gasteiger partial charge in [0.1, 0.15) is 12.7 Å². The zero-order chi connectivity index (χ0) is 16.8. The van der Waals surface area contributed by atoms with Crippen molar-refractivity contribution in [3.63, 3.8) is 0 Å². The summed E-state index contributed by atoms with van der Waals surface area (Å²) in [4.78, 5) is 0. The van der Waals surface area contributed by atoms with E-state index in [0.717, 1.165) is 5.56 Å². The maximum absolute atomic E-state index is 9.97. The largest absolute Gasteiger partial charge is 0.488 e. The molecular weight excluding hydrogens is 380 g/mol. The van der Waals surface area contributed by atoms with Crippen LogP contribution in [0.2, 0.25) is 20.1 Å². The number of hydrogen-bond donors (Lipinski definition) is 2. The Kier molecular flexibility index (Phi) is 7.28. The Morgan fingerprint density at radius 1 is 0.913 bits per heavy atom. The lowest BCUT2D eigenvalue weighted by atomic mass is 10.2. The highest BCUT2D eigenvalue weighted by Gasteiger charge is 2.11. The second kappa shape index (κ2) is 8.97. The molecule has 2 aromatic rings. The minimum atomic E-state index is -0.733. The molecule has 0 bridgehead atoms. The van der Waals surface area contributed by atoms with Gasteiger partial charge < -0.3 is 15.2 Å². The SMILES string of the molecule is OC(CNCc1c(Cl)cccc1Cl)COc1c(Cl)cccc1Cl. The van der Waals surface area contributed by atoms with Crippen molar-refractivity contribution in [2.24, 2.45) is 0 Å². The Hall–Kier alpha value is -0.680. The zero-order valence-electron chi connectivity index (χ0n) is 12.0. The summed E-state index contributed by atoms with van der Waals surface area (Å²) in [5, 5.41) is 15.0. The van der Waals surface area contributed by atoms with E-state index in [0.29, 0.717) is 38.9 Å². The number of halogens is 4. The molecule has 2 rings (SSSR count). The van der Waals surface area contributed by atoms with Crippen molar-refractivity contribution in [3.05, 3.63) is 62.1 Å². The predicted molar refractivity (Wildman–Crippen MR) is 96.1 cm³/mol. The molecule has 2 N–H and O–H groups in total. The van der Waals surface area contributed by atoms with Gasteiger partial charge in [0, 0.05) is 28.7 Å².